The second-order valence-electron chi connectivity index (χ2n) is 3.66. The highest BCUT2D eigenvalue weighted by atomic mass is 16.6. The number of hydrogen-bond donors (Lipinski definition) is 0. The van der Waals surface area contributed by atoms with E-state index in [4.69, 9.17) is 9.47 Å². The highest BCUT2D eigenvalue weighted by molar-refractivity contribution is 5.79. The quantitative estimate of drug-likeness (QED) is 0.485. The zero-order valence-electron chi connectivity index (χ0n) is 6.79. The standard InChI is InChI=1S/C8H12O3/c1-5-3-8(2)6(11-5)4-10-7(8)9/h5-6H,3-4H2,1-2H3/t5?,6-,8?/m1/s1. The van der Waals surface area contributed by atoms with Crippen molar-refractivity contribution in [2.45, 2.75) is 32.5 Å². The van der Waals surface area contributed by atoms with Crippen molar-refractivity contribution in [3.63, 3.8) is 0 Å². The second-order valence-corrected chi connectivity index (χ2v) is 3.66. The Morgan fingerprint density at radius 2 is 2.36 bits per heavy atom. The summed E-state index contributed by atoms with van der Waals surface area (Å²) >= 11 is 0. The number of rotatable bonds is 0. The van der Waals surface area contributed by atoms with E-state index < -0.39 is 0 Å². The molecule has 0 radical (unpaired) electrons. The van der Waals surface area contributed by atoms with E-state index in [1.54, 1.807) is 0 Å². The largest absolute Gasteiger partial charge is 0.462 e. The SMILES string of the molecule is CC1CC2(C)C(=O)OC[C@H]2O1. The van der Waals surface area contributed by atoms with E-state index in [2.05, 4.69) is 0 Å². The van der Waals surface area contributed by atoms with Crippen molar-refractivity contribution >= 4 is 5.97 Å². The van der Waals surface area contributed by atoms with Gasteiger partial charge in [-0.25, -0.2) is 0 Å². The van der Waals surface area contributed by atoms with Crippen molar-refractivity contribution in [2.75, 3.05) is 6.61 Å². The molecule has 2 aliphatic heterocycles. The lowest BCUT2D eigenvalue weighted by atomic mass is 9.84. The monoisotopic (exact) mass is 156 g/mol. The molecule has 0 bridgehead atoms. The van der Waals surface area contributed by atoms with Crippen LogP contribution in [0.1, 0.15) is 20.3 Å². The summed E-state index contributed by atoms with van der Waals surface area (Å²) in [5, 5.41) is 0. The van der Waals surface area contributed by atoms with Gasteiger partial charge in [0.25, 0.3) is 0 Å². The minimum Gasteiger partial charge on any atom is -0.462 e. The fourth-order valence-corrected chi connectivity index (χ4v) is 1.96. The van der Waals surface area contributed by atoms with Crippen LogP contribution < -0.4 is 0 Å². The van der Waals surface area contributed by atoms with Crippen molar-refractivity contribution < 1.29 is 14.3 Å². The van der Waals surface area contributed by atoms with Gasteiger partial charge in [-0.3, -0.25) is 4.79 Å². The average molecular weight is 156 g/mol. The zero-order chi connectivity index (χ0) is 8.06. The van der Waals surface area contributed by atoms with Gasteiger partial charge in [0.05, 0.1) is 11.5 Å². The summed E-state index contributed by atoms with van der Waals surface area (Å²) in [4.78, 5) is 11.2. The van der Waals surface area contributed by atoms with Crippen LogP contribution in [0.4, 0.5) is 0 Å². The van der Waals surface area contributed by atoms with Gasteiger partial charge in [-0.15, -0.1) is 0 Å². The van der Waals surface area contributed by atoms with Gasteiger partial charge in [0.1, 0.15) is 12.7 Å². The van der Waals surface area contributed by atoms with E-state index >= 15 is 0 Å². The number of esters is 1. The maximum absolute atomic E-state index is 11.2. The number of carbonyl (C=O) groups excluding carboxylic acids is 1. The predicted octanol–water partition coefficient (Wildman–Crippen LogP) is 0.727. The van der Waals surface area contributed by atoms with Crippen LogP contribution in [0.25, 0.3) is 0 Å². The molecule has 11 heavy (non-hydrogen) atoms. The minimum atomic E-state index is -0.348. The Hall–Kier alpha value is -0.570. The first-order chi connectivity index (χ1) is 5.13. The van der Waals surface area contributed by atoms with E-state index in [1.165, 1.54) is 0 Å². The van der Waals surface area contributed by atoms with Crippen molar-refractivity contribution in [2.24, 2.45) is 5.41 Å². The van der Waals surface area contributed by atoms with Gasteiger partial charge < -0.3 is 9.47 Å². The highest BCUT2D eigenvalue weighted by Gasteiger charge is 2.55. The Bertz CT molecular complexity index is 202. The summed E-state index contributed by atoms with van der Waals surface area (Å²) in [7, 11) is 0. The Kier molecular flexibility index (Phi) is 1.27. The Morgan fingerprint density at radius 3 is 3.00 bits per heavy atom. The van der Waals surface area contributed by atoms with Crippen LogP contribution in [0.2, 0.25) is 0 Å². The lowest BCUT2D eigenvalue weighted by Crippen LogP contribution is -2.28. The van der Waals surface area contributed by atoms with Gasteiger partial charge in [0.2, 0.25) is 0 Å². The molecule has 2 rings (SSSR count). The molecule has 0 aliphatic carbocycles. The second kappa shape index (κ2) is 1.97. The number of ether oxygens (including phenoxy) is 2. The summed E-state index contributed by atoms with van der Waals surface area (Å²) in [5.74, 6) is -0.0909. The highest BCUT2D eigenvalue weighted by Crippen LogP contribution is 2.43. The Labute approximate surface area is 65.7 Å². The lowest BCUT2D eigenvalue weighted by molar-refractivity contribution is -0.145. The first-order valence-electron chi connectivity index (χ1n) is 3.95. The van der Waals surface area contributed by atoms with E-state index in [-0.39, 0.29) is 23.6 Å². The Balaban J connectivity index is 2.26. The van der Waals surface area contributed by atoms with Crippen LogP contribution >= 0.6 is 0 Å². The fraction of sp³-hybridized carbons (Fsp3) is 0.875. The minimum absolute atomic E-state index is 0.00463. The van der Waals surface area contributed by atoms with Crippen LogP contribution in [-0.4, -0.2) is 24.8 Å². The summed E-state index contributed by atoms with van der Waals surface area (Å²) < 4.78 is 10.4. The molecule has 3 heteroatoms. The van der Waals surface area contributed by atoms with E-state index in [0.29, 0.717) is 6.61 Å². The molecule has 2 saturated heterocycles. The van der Waals surface area contributed by atoms with Crippen LogP contribution in [0.15, 0.2) is 0 Å². The molecule has 0 aromatic carbocycles. The average Bonchev–Trinajstić information content (AvgIpc) is 2.32. The van der Waals surface area contributed by atoms with Crippen LogP contribution in [0.3, 0.4) is 0 Å². The maximum atomic E-state index is 11.2. The van der Waals surface area contributed by atoms with E-state index in [9.17, 15) is 4.79 Å². The molecule has 0 spiro atoms. The first kappa shape index (κ1) is 7.10. The molecule has 3 atom stereocenters. The summed E-state index contributed by atoms with van der Waals surface area (Å²) in [6.07, 6.45) is 1.01. The molecular weight excluding hydrogens is 144 g/mol. The molecule has 0 aromatic rings. The molecule has 2 aliphatic rings. The first-order valence-corrected chi connectivity index (χ1v) is 3.95. The molecule has 3 nitrogen and oxygen atoms in total. The molecule has 0 saturated carbocycles. The number of carbonyl (C=O) groups is 1. The lowest BCUT2D eigenvalue weighted by Gasteiger charge is -2.14. The molecule has 62 valence electrons. The van der Waals surface area contributed by atoms with Gasteiger partial charge >= 0.3 is 5.97 Å². The third-order valence-corrected chi connectivity index (χ3v) is 2.65. The normalized spacial score (nSPS) is 49.1. The maximum Gasteiger partial charge on any atom is 0.314 e. The van der Waals surface area contributed by atoms with Crippen molar-refractivity contribution in [1.82, 2.24) is 0 Å². The number of cyclic esters (lactones) is 1. The van der Waals surface area contributed by atoms with Crippen LogP contribution in [-0.2, 0) is 14.3 Å². The van der Waals surface area contributed by atoms with Crippen LogP contribution in [0, 0.1) is 5.41 Å². The number of fused-ring (bicyclic) bond motifs is 1. The van der Waals surface area contributed by atoms with Gasteiger partial charge in [0, 0.05) is 0 Å². The van der Waals surface area contributed by atoms with Crippen molar-refractivity contribution in [3.8, 4) is 0 Å². The summed E-state index contributed by atoms with van der Waals surface area (Å²) in [5.41, 5.74) is -0.348. The van der Waals surface area contributed by atoms with Crippen LogP contribution in [0.5, 0.6) is 0 Å². The molecule has 0 aromatic heterocycles. The van der Waals surface area contributed by atoms with Gasteiger partial charge in [-0.2, -0.15) is 0 Å². The number of hydrogen-bond acceptors (Lipinski definition) is 3. The van der Waals surface area contributed by atoms with Gasteiger partial charge in [-0.1, -0.05) is 0 Å². The molecule has 2 heterocycles. The third kappa shape index (κ3) is 0.805. The molecule has 0 amide bonds. The molecular formula is C8H12O3. The van der Waals surface area contributed by atoms with E-state index in [0.717, 1.165) is 6.42 Å². The topological polar surface area (TPSA) is 35.5 Å². The zero-order valence-corrected chi connectivity index (χ0v) is 6.79. The molecule has 0 N–H and O–H groups in total. The summed E-state index contributed by atoms with van der Waals surface area (Å²) in [6, 6.07) is 0. The Morgan fingerprint density at radius 1 is 1.64 bits per heavy atom. The fourth-order valence-electron chi connectivity index (χ4n) is 1.96. The van der Waals surface area contributed by atoms with Crippen molar-refractivity contribution in [1.29, 1.82) is 0 Å². The molecule has 2 fully saturated rings. The predicted molar refractivity (Wildman–Crippen MR) is 38.0 cm³/mol. The smallest absolute Gasteiger partial charge is 0.314 e. The van der Waals surface area contributed by atoms with E-state index in [1.807, 2.05) is 13.8 Å². The van der Waals surface area contributed by atoms with Gasteiger partial charge in [0.15, 0.2) is 0 Å². The van der Waals surface area contributed by atoms with Crippen molar-refractivity contribution in [3.05, 3.63) is 0 Å². The summed E-state index contributed by atoms with van der Waals surface area (Å²) in [6.45, 7) is 4.37. The molecule has 2 unspecified atom stereocenters. The van der Waals surface area contributed by atoms with Gasteiger partial charge in [-0.05, 0) is 20.3 Å². The third-order valence-electron chi connectivity index (χ3n) is 2.65.